The monoisotopic (exact) mass is 871 g/mol. The molecule has 13 nitrogen and oxygen atoms in total. The smallest absolute Gasteiger partial charge is 0.348 e. The summed E-state index contributed by atoms with van der Waals surface area (Å²) in [6, 6.07) is 19.7. The lowest BCUT2D eigenvalue weighted by Gasteiger charge is -2.28. The van der Waals surface area contributed by atoms with Crippen molar-refractivity contribution < 1.29 is 26.5 Å². The quantitative estimate of drug-likeness (QED) is 0.0628. The number of guanidine groups is 1. The molecule has 4 aromatic rings. The van der Waals surface area contributed by atoms with Crippen LogP contribution < -0.4 is 21.8 Å². The predicted octanol–water partition coefficient (Wildman–Crippen LogP) is 5.59. The highest BCUT2D eigenvalue weighted by molar-refractivity contribution is 8.93. The number of benzene rings is 4. The molecule has 0 fully saturated rings. The zero-order valence-electron chi connectivity index (χ0n) is 29.0. The summed E-state index contributed by atoms with van der Waals surface area (Å²) in [5.74, 6) is -1.20. The van der Waals surface area contributed by atoms with E-state index in [1.807, 2.05) is 12.1 Å². The second-order valence-corrected chi connectivity index (χ2v) is 15.0. The first-order valence-corrected chi connectivity index (χ1v) is 19.1. The maximum Gasteiger partial charge on any atom is 0.348 e. The van der Waals surface area contributed by atoms with Gasteiger partial charge in [-0.05, 0) is 35.7 Å². The molecular weight excluding hydrogens is 826 g/mol. The summed E-state index contributed by atoms with van der Waals surface area (Å²) in [7, 11) is -7.93. The van der Waals surface area contributed by atoms with Crippen LogP contribution in [0.4, 0.5) is 11.4 Å². The molecule has 0 aliphatic carbocycles. The third-order valence-electron chi connectivity index (χ3n) is 8.39. The van der Waals surface area contributed by atoms with E-state index < -0.39 is 32.1 Å². The van der Waals surface area contributed by atoms with E-state index >= 15 is 0 Å². The van der Waals surface area contributed by atoms with Gasteiger partial charge in [-0.15, -0.1) is 34.0 Å². The summed E-state index contributed by atoms with van der Waals surface area (Å²) in [4.78, 5) is 19.7. The Hall–Kier alpha value is -3.32. The van der Waals surface area contributed by atoms with E-state index in [0.29, 0.717) is 16.2 Å². The molecule has 280 valence electrons. The lowest BCUT2D eigenvalue weighted by atomic mass is 10.1. The van der Waals surface area contributed by atoms with Gasteiger partial charge >= 0.3 is 5.97 Å². The van der Waals surface area contributed by atoms with Gasteiger partial charge in [-0.2, -0.15) is 8.61 Å². The Kier molecular flexibility index (Phi) is 16.3. The Bertz CT molecular complexity index is 2040. The van der Waals surface area contributed by atoms with Gasteiger partial charge in [-0.25, -0.2) is 27.1 Å². The molecular formula is C34H47Br2N7O6S2. The van der Waals surface area contributed by atoms with E-state index in [1.165, 1.54) is 19.6 Å². The van der Waals surface area contributed by atoms with Crippen LogP contribution in [0.1, 0.15) is 40.5 Å². The number of nitrogens with zero attached hydrogens (tertiary/aromatic N) is 3. The van der Waals surface area contributed by atoms with E-state index in [9.17, 15) is 21.6 Å². The molecule has 0 saturated carbocycles. The molecule has 4 aromatic carbocycles. The SMILES string of the molecule is Br.Br.CCN(CC)S(=O)(=O)c1c(NOC(=O)[C@@H](N)CCCN(C(=N)N)c2ccc3ccccc3c2S(=O)(=O)N(CC)CC)ccc2ccccc12. The second kappa shape index (κ2) is 19.0. The average molecular weight is 874 g/mol. The van der Waals surface area contributed by atoms with Crippen LogP contribution in [0.15, 0.2) is 82.6 Å². The maximum atomic E-state index is 13.9. The van der Waals surface area contributed by atoms with Crippen LogP contribution in [0.3, 0.4) is 0 Å². The summed E-state index contributed by atoms with van der Waals surface area (Å²) in [6.07, 6.45) is 0.337. The standard InChI is InChI=1S/C34H45N7O6S2.2BrH/c1-5-39(6-2)48(43,44)31-26-16-11-9-14-24(26)19-21-29(31)38-47-33(42)28(35)18-13-23-41(34(36)37)30-22-20-25-15-10-12-17-27(25)32(30)49(45,46)40(7-3)8-4;;/h9-12,14-17,19-22,28,38H,5-8,13,18,23,35H2,1-4H3,(H3,36,37);2*1H/t28-;;/m0../s1. The van der Waals surface area contributed by atoms with Gasteiger partial charge in [-0.3, -0.25) is 5.41 Å². The van der Waals surface area contributed by atoms with E-state index in [2.05, 4.69) is 5.48 Å². The van der Waals surface area contributed by atoms with Gasteiger partial charge in [0.1, 0.15) is 15.8 Å². The number of nitrogens with one attached hydrogen (secondary N) is 2. The minimum atomic E-state index is -3.98. The van der Waals surface area contributed by atoms with Crippen molar-refractivity contribution in [3.05, 3.63) is 72.8 Å². The Balaban J connectivity index is 0.00000451. The Morgan fingerprint density at radius 2 is 1.24 bits per heavy atom. The Morgan fingerprint density at radius 3 is 1.75 bits per heavy atom. The normalized spacial score (nSPS) is 12.3. The van der Waals surface area contributed by atoms with Gasteiger partial charge in [-0.1, -0.05) is 88.4 Å². The van der Waals surface area contributed by atoms with E-state index in [0.717, 1.165) is 5.39 Å². The van der Waals surface area contributed by atoms with Gasteiger partial charge in [0.15, 0.2) is 5.96 Å². The third kappa shape index (κ3) is 9.38. The lowest BCUT2D eigenvalue weighted by Crippen LogP contribution is -2.40. The molecule has 51 heavy (non-hydrogen) atoms. The molecule has 0 bridgehead atoms. The number of anilines is 2. The molecule has 0 unspecified atom stereocenters. The number of fused-ring (bicyclic) bond motifs is 2. The molecule has 0 spiro atoms. The maximum absolute atomic E-state index is 13.9. The molecule has 0 aromatic heterocycles. The van der Waals surface area contributed by atoms with Crippen molar-refractivity contribution in [2.45, 2.75) is 56.4 Å². The van der Waals surface area contributed by atoms with E-state index in [1.54, 1.807) is 82.3 Å². The van der Waals surface area contributed by atoms with Gasteiger partial charge in [0, 0.05) is 43.5 Å². The summed E-state index contributed by atoms with van der Waals surface area (Å²) < 4.78 is 57.8. The fourth-order valence-corrected chi connectivity index (χ4v) is 9.47. The number of rotatable bonds is 16. The summed E-state index contributed by atoms with van der Waals surface area (Å²) >= 11 is 0. The fraction of sp³-hybridized carbons (Fsp3) is 0.353. The summed E-state index contributed by atoms with van der Waals surface area (Å²) in [5.41, 5.74) is 15.1. The fourth-order valence-electron chi connectivity index (χ4n) is 5.84. The minimum Gasteiger partial charge on any atom is -0.370 e. The molecule has 17 heteroatoms. The molecule has 6 N–H and O–H groups in total. The highest BCUT2D eigenvalue weighted by Crippen LogP contribution is 2.36. The second-order valence-electron chi connectivity index (χ2n) is 11.3. The molecule has 0 amide bonds. The molecule has 0 heterocycles. The average Bonchev–Trinajstić information content (AvgIpc) is 3.08. The predicted molar refractivity (Wildman–Crippen MR) is 215 cm³/mol. The zero-order valence-corrected chi connectivity index (χ0v) is 34.1. The van der Waals surface area contributed by atoms with Crippen LogP contribution in [-0.4, -0.2) is 76.1 Å². The largest absolute Gasteiger partial charge is 0.370 e. The van der Waals surface area contributed by atoms with Crippen LogP contribution in [0.5, 0.6) is 0 Å². The molecule has 0 saturated heterocycles. The highest BCUT2D eigenvalue weighted by Gasteiger charge is 2.31. The first-order valence-electron chi connectivity index (χ1n) is 16.2. The van der Waals surface area contributed by atoms with Crippen molar-refractivity contribution in [3.63, 3.8) is 0 Å². The van der Waals surface area contributed by atoms with Crippen LogP contribution >= 0.6 is 34.0 Å². The van der Waals surface area contributed by atoms with E-state index in [4.69, 9.17) is 21.7 Å². The number of carbonyl (C=O) groups is 1. The van der Waals surface area contributed by atoms with Crippen molar-refractivity contribution in [3.8, 4) is 0 Å². The van der Waals surface area contributed by atoms with Crippen molar-refractivity contribution in [1.29, 1.82) is 5.41 Å². The lowest BCUT2D eigenvalue weighted by molar-refractivity contribution is -0.142. The highest BCUT2D eigenvalue weighted by atomic mass is 79.9. The molecule has 0 aliphatic rings. The van der Waals surface area contributed by atoms with Crippen LogP contribution in [0.25, 0.3) is 21.5 Å². The van der Waals surface area contributed by atoms with Crippen molar-refractivity contribution in [2.75, 3.05) is 43.1 Å². The molecule has 0 aliphatic heterocycles. The Labute approximate surface area is 321 Å². The van der Waals surface area contributed by atoms with Gasteiger partial charge < -0.3 is 21.2 Å². The number of hydrogen-bond acceptors (Lipinski definition) is 9. The Morgan fingerprint density at radius 1 is 0.765 bits per heavy atom. The number of nitrogens with two attached hydrogens (primary N) is 2. The zero-order chi connectivity index (χ0) is 35.9. The molecule has 1 atom stereocenters. The number of hydrogen-bond donors (Lipinski definition) is 4. The topological polar surface area (TPSA) is 192 Å². The number of sulfonamides is 2. The minimum absolute atomic E-state index is 0. The van der Waals surface area contributed by atoms with Crippen molar-refractivity contribution in [1.82, 2.24) is 8.61 Å². The summed E-state index contributed by atoms with van der Waals surface area (Å²) in [5, 5.41) is 10.7. The van der Waals surface area contributed by atoms with Crippen molar-refractivity contribution in [2.24, 2.45) is 11.5 Å². The first-order chi connectivity index (χ1) is 23.3. The number of carbonyl (C=O) groups excluding carboxylic acids is 1. The first kappa shape index (κ1) is 43.8. The molecule has 4 rings (SSSR count). The van der Waals surface area contributed by atoms with Gasteiger partial charge in [0.05, 0.1) is 11.4 Å². The third-order valence-corrected chi connectivity index (χ3v) is 12.7. The van der Waals surface area contributed by atoms with E-state index in [-0.39, 0.29) is 107 Å². The molecule has 0 radical (unpaired) electrons. The van der Waals surface area contributed by atoms with Crippen LogP contribution in [0.2, 0.25) is 0 Å². The summed E-state index contributed by atoms with van der Waals surface area (Å²) in [6.45, 7) is 8.12. The number of halogens is 2. The van der Waals surface area contributed by atoms with Crippen molar-refractivity contribution >= 4 is 98.9 Å². The van der Waals surface area contributed by atoms with Crippen LogP contribution in [0, 0.1) is 5.41 Å². The van der Waals surface area contributed by atoms with Gasteiger partial charge in [0.2, 0.25) is 20.0 Å². The van der Waals surface area contributed by atoms with Gasteiger partial charge in [0.25, 0.3) is 0 Å². The van der Waals surface area contributed by atoms with Crippen LogP contribution in [-0.2, 0) is 29.7 Å².